The first-order valence-corrected chi connectivity index (χ1v) is 6.19. The number of carbonyl (C=O) groups excluding carboxylic acids is 1. The van der Waals surface area contributed by atoms with Crippen molar-refractivity contribution in [2.75, 3.05) is 6.61 Å². The van der Waals surface area contributed by atoms with Crippen LogP contribution in [-0.2, 0) is 11.2 Å². The van der Waals surface area contributed by atoms with E-state index in [0.717, 1.165) is 12.1 Å². The normalized spacial score (nSPS) is 10.6. The van der Waals surface area contributed by atoms with E-state index in [2.05, 4.69) is 4.98 Å². The highest BCUT2D eigenvalue weighted by Gasteiger charge is 2.21. The van der Waals surface area contributed by atoms with E-state index >= 15 is 0 Å². The minimum absolute atomic E-state index is 0.00548. The summed E-state index contributed by atoms with van der Waals surface area (Å²) in [5.74, 6) is -2.53. The van der Waals surface area contributed by atoms with Crippen LogP contribution >= 0.6 is 0 Å². The first-order valence-electron chi connectivity index (χ1n) is 6.19. The van der Waals surface area contributed by atoms with Crippen LogP contribution in [0.4, 0.5) is 8.78 Å². The van der Waals surface area contributed by atoms with Gasteiger partial charge in [-0.3, -0.25) is 0 Å². The van der Waals surface area contributed by atoms with E-state index in [1.165, 1.54) is 6.07 Å². The maximum atomic E-state index is 13.2. The highest BCUT2D eigenvalue weighted by molar-refractivity contribution is 5.88. The maximum Gasteiger partial charge on any atom is 0.376 e. The third-order valence-corrected chi connectivity index (χ3v) is 2.66. The highest BCUT2D eigenvalue weighted by atomic mass is 19.2. The lowest BCUT2D eigenvalue weighted by Crippen LogP contribution is -2.05. The summed E-state index contributed by atoms with van der Waals surface area (Å²) >= 11 is 0. The molecule has 1 aromatic carbocycles. The number of rotatable bonds is 4. The van der Waals surface area contributed by atoms with Crippen LogP contribution in [0.2, 0.25) is 0 Å². The topological polar surface area (TPSA) is 52.3 Å². The molecule has 1 aromatic heterocycles. The summed E-state index contributed by atoms with van der Waals surface area (Å²) in [6.45, 7) is 3.69. The van der Waals surface area contributed by atoms with Gasteiger partial charge in [0.05, 0.1) is 12.3 Å². The molecule has 0 N–H and O–H groups in total. The first kappa shape index (κ1) is 14.2. The van der Waals surface area contributed by atoms with Crippen LogP contribution in [0.5, 0.6) is 0 Å². The molecule has 0 aliphatic carbocycles. The number of esters is 1. The molecular formula is C14H13F2NO3. The molecule has 4 nitrogen and oxygen atoms in total. The molecule has 1 heterocycles. The van der Waals surface area contributed by atoms with Crippen molar-refractivity contribution in [1.29, 1.82) is 0 Å². The zero-order valence-electron chi connectivity index (χ0n) is 11.1. The Morgan fingerprint density at radius 2 is 2.05 bits per heavy atom. The van der Waals surface area contributed by atoms with Crippen molar-refractivity contribution in [3.05, 3.63) is 41.3 Å². The molecule has 0 amide bonds. The van der Waals surface area contributed by atoms with Crippen molar-refractivity contribution in [3.8, 4) is 11.5 Å². The van der Waals surface area contributed by atoms with Crippen LogP contribution in [0.1, 0.15) is 30.1 Å². The van der Waals surface area contributed by atoms with Crippen LogP contribution in [0.3, 0.4) is 0 Å². The van der Waals surface area contributed by atoms with Gasteiger partial charge >= 0.3 is 5.97 Å². The SMILES string of the molecule is CCOC(=O)c1oc(-c2ccc(F)c(F)c2)nc1CC. The smallest absolute Gasteiger partial charge is 0.376 e. The van der Waals surface area contributed by atoms with Crippen molar-refractivity contribution >= 4 is 5.97 Å². The number of ether oxygens (including phenoxy) is 1. The average Bonchev–Trinajstić information content (AvgIpc) is 2.86. The number of halogens is 2. The van der Waals surface area contributed by atoms with E-state index in [1.807, 2.05) is 0 Å². The number of oxazole rings is 1. The summed E-state index contributed by atoms with van der Waals surface area (Å²) in [7, 11) is 0. The van der Waals surface area contributed by atoms with Gasteiger partial charge in [0.2, 0.25) is 11.7 Å². The van der Waals surface area contributed by atoms with Crippen molar-refractivity contribution in [3.63, 3.8) is 0 Å². The Bertz CT molecular complexity index is 637. The van der Waals surface area contributed by atoms with E-state index in [9.17, 15) is 13.6 Å². The number of nitrogens with zero attached hydrogens (tertiary/aromatic N) is 1. The minimum atomic E-state index is -1.00. The second-order valence-electron chi connectivity index (χ2n) is 4.00. The standard InChI is InChI=1S/C14H13F2NO3/c1-3-11-12(14(18)19-4-2)20-13(17-11)8-5-6-9(15)10(16)7-8/h5-7H,3-4H2,1-2H3. The lowest BCUT2D eigenvalue weighted by atomic mass is 10.2. The summed E-state index contributed by atoms with van der Waals surface area (Å²) in [5, 5.41) is 0. The van der Waals surface area contributed by atoms with Crippen LogP contribution in [0.25, 0.3) is 11.5 Å². The molecule has 0 unspecified atom stereocenters. The summed E-state index contributed by atoms with van der Waals surface area (Å²) in [6, 6.07) is 3.28. The summed E-state index contributed by atoms with van der Waals surface area (Å²) < 4.78 is 36.3. The third kappa shape index (κ3) is 2.68. The lowest BCUT2D eigenvalue weighted by Gasteiger charge is -1.98. The Morgan fingerprint density at radius 1 is 1.30 bits per heavy atom. The predicted molar refractivity (Wildman–Crippen MR) is 67.2 cm³/mol. The molecule has 0 saturated carbocycles. The molecule has 0 radical (unpaired) electrons. The quantitative estimate of drug-likeness (QED) is 0.806. The van der Waals surface area contributed by atoms with Gasteiger partial charge in [-0.05, 0) is 31.5 Å². The van der Waals surface area contributed by atoms with Crippen LogP contribution in [-0.4, -0.2) is 17.6 Å². The molecule has 0 fully saturated rings. The zero-order valence-corrected chi connectivity index (χ0v) is 11.1. The van der Waals surface area contributed by atoms with Crippen molar-refractivity contribution in [2.45, 2.75) is 20.3 Å². The summed E-state index contributed by atoms with van der Waals surface area (Å²) in [6.07, 6.45) is 0.460. The highest BCUT2D eigenvalue weighted by Crippen LogP contribution is 2.24. The van der Waals surface area contributed by atoms with E-state index in [0.29, 0.717) is 12.1 Å². The molecule has 20 heavy (non-hydrogen) atoms. The molecule has 6 heteroatoms. The lowest BCUT2D eigenvalue weighted by molar-refractivity contribution is 0.0489. The molecule has 0 aliphatic rings. The minimum Gasteiger partial charge on any atom is -0.460 e. The zero-order chi connectivity index (χ0) is 14.7. The molecule has 0 spiro atoms. The summed E-state index contributed by atoms with van der Waals surface area (Å²) in [4.78, 5) is 15.8. The second kappa shape index (κ2) is 5.81. The van der Waals surface area contributed by atoms with Gasteiger partial charge in [0.1, 0.15) is 0 Å². The Morgan fingerprint density at radius 3 is 2.65 bits per heavy atom. The van der Waals surface area contributed by atoms with Gasteiger partial charge in [0.15, 0.2) is 11.6 Å². The van der Waals surface area contributed by atoms with Gasteiger partial charge in [-0.15, -0.1) is 0 Å². The van der Waals surface area contributed by atoms with Gasteiger partial charge in [-0.2, -0.15) is 0 Å². The van der Waals surface area contributed by atoms with Crippen LogP contribution < -0.4 is 0 Å². The molecular weight excluding hydrogens is 268 g/mol. The largest absolute Gasteiger partial charge is 0.460 e. The number of hydrogen-bond donors (Lipinski definition) is 0. The van der Waals surface area contributed by atoms with Crippen LogP contribution in [0.15, 0.2) is 22.6 Å². The van der Waals surface area contributed by atoms with E-state index in [1.54, 1.807) is 13.8 Å². The Kier molecular flexibility index (Phi) is 4.12. The van der Waals surface area contributed by atoms with E-state index < -0.39 is 17.6 Å². The van der Waals surface area contributed by atoms with Gasteiger partial charge in [0, 0.05) is 5.56 Å². The van der Waals surface area contributed by atoms with E-state index in [4.69, 9.17) is 9.15 Å². The average molecular weight is 281 g/mol. The monoisotopic (exact) mass is 281 g/mol. The molecule has 2 rings (SSSR count). The fourth-order valence-corrected chi connectivity index (χ4v) is 1.70. The maximum absolute atomic E-state index is 13.2. The second-order valence-corrected chi connectivity index (χ2v) is 4.00. The van der Waals surface area contributed by atoms with Gasteiger partial charge in [-0.25, -0.2) is 18.6 Å². The number of aromatic nitrogens is 1. The fraction of sp³-hybridized carbons (Fsp3) is 0.286. The number of aryl methyl sites for hydroxylation is 1. The number of carbonyl (C=O) groups is 1. The number of benzene rings is 1. The Balaban J connectivity index is 2.42. The molecule has 0 atom stereocenters. The molecule has 0 bridgehead atoms. The molecule has 0 aliphatic heterocycles. The van der Waals surface area contributed by atoms with Gasteiger partial charge < -0.3 is 9.15 Å². The van der Waals surface area contributed by atoms with Crippen molar-refractivity contribution in [2.24, 2.45) is 0 Å². The first-order chi connectivity index (χ1) is 9.56. The fourth-order valence-electron chi connectivity index (χ4n) is 1.70. The molecule has 0 saturated heterocycles. The summed E-state index contributed by atoms with van der Waals surface area (Å²) in [5.41, 5.74) is 0.678. The Hall–Kier alpha value is -2.24. The predicted octanol–water partition coefficient (Wildman–Crippen LogP) is 3.36. The van der Waals surface area contributed by atoms with E-state index in [-0.39, 0.29) is 23.8 Å². The van der Waals surface area contributed by atoms with Gasteiger partial charge in [-0.1, -0.05) is 6.92 Å². The molecule has 2 aromatic rings. The van der Waals surface area contributed by atoms with Crippen molar-refractivity contribution < 1.29 is 22.7 Å². The Labute approximate surface area is 114 Å². The van der Waals surface area contributed by atoms with Crippen LogP contribution in [0, 0.1) is 11.6 Å². The molecule has 106 valence electrons. The van der Waals surface area contributed by atoms with Gasteiger partial charge in [0.25, 0.3) is 0 Å². The third-order valence-electron chi connectivity index (χ3n) is 2.66. The van der Waals surface area contributed by atoms with Crippen molar-refractivity contribution in [1.82, 2.24) is 4.98 Å². The number of hydrogen-bond acceptors (Lipinski definition) is 4.